The van der Waals surface area contributed by atoms with E-state index in [1.165, 1.54) is 23.5 Å². The van der Waals surface area contributed by atoms with E-state index >= 15 is 0 Å². The first kappa shape index (κ1) is 15.6. The topological polar surface area (TPSA) is 68.2 Å². The molecule has 126 valence electrons. The highest BCUT2D eigenvalue weighted by Crippen LogP contribution is 2.35. The summed E-state index contributed by atoms with van der Waals surface area (Å²) in [5.74, 6) is -0.301. The van der Waals surface area contributed by atoms with Crippen LogP contribution in [0.3, 0.4) is 0 Å². The number of hydrogen-bond donors (Lipinski definition) is 0. The predicted molar refractivity (Wildman–Crippen MR) is 91.3 cm³/mol. The second-order valence-corrected chi connectivity index (χ2v) is 6.44. The summed E-state index contributed by atoms with van der Waals surface area (Å²) in [6.45, 7) is 2.20. The summed E-state index contributed by atoms with van der Waals surface area (Å²) in [5, 5.41) is 2.31. The number of aromatic nitrogens is 3. The van der Waals surface area contributed by atoms with Crippen LogP contribution in [-0.4, -0.2) is 33.5 Å². The highest BCUT2D eigenvalue weighted by Gasteiger charge is 2.30. The Hall–Kier alpha value is -2.87. The Morgan fingerprint density at radius 2 is 2.28 bits per heavy atom. The molecule has 0 spiro atoms. The molecule has 1 atom stereocenters. The minimum atomic E-state index is -0.404. The average molecular weight is 356 g/mol. The largest absolute Gasteiger partial charge is 0.487 e. The molecule has 25 heavy (non-hydrogen) atoms. The van der Waals surface area contributed by atoms with Gasteiger partial charge in [0.25, 0.3) is 5.91 Å². The van der Waals surface area contributed by atoms with Crippen LogP contribution in [0.25, 0.3) is 10.7 Å². The van der Waals surface area contributed by atoms with Gasteiger partial charge in [-0.15, -0.1) is 11.3 Å². The highest BCUT2D eigenvalue weighted by molar-refractivity contribution is 7.13. The minimum absolute atomic E-state index is 0.239. The number of thiazole rings is 1. The van der Waals surface area contributed by atoms with E-state index < -0.39 is 5.82 Å². The average Bonchev–Trinajstić information content (AvgIpc) is 3.11. The standard InChI is InChI=1S/C17H13FN4O2S/c1-10-8-22(14-3-2-11(18)6-15(14)24-10)17(23)13-9-25-16(21-13)12-7-19-4-5-20-12/h2-7,9-10H,8H2,1H3/t10-/m1/s1. The summed E-state index contributed by atoms with van der Waals surface area (Å²) in [5.41, 5.74) is 1.47. The minimum Gasteiger partial charge on any atom is -0.487 e. The number of benzene rings is 1. The van der Waals surface area contributed by atoms with Crippen molar-refractivity contribution in [3.8, 4) is 16.5 Å². The molecule has 0 N–H and O–H groups in total. The molecule has 2 aromatic heterocycles. The van der Waals surface area contributed by atoms with Crippen LogP contribution in [-0.2, 0) is 0 Å². The Bertz CT molecular complexity index is 931. The van der Waals surface area contributed by atoms with Crippen molar-refractivity contribution in [1.82, 2.24) is 15.0 Å². The fourth-order valence-corrected chi connectivity index (χ4v) is 3.40. The molecule has 8 heteroatoms. The maximum Gasteiger partial charge on any atom is 0.278 e. The molecule has 1 aromatic carbocycles. The van der Waals surface area contributed by atoms with E-state index in [9.17, 15) is 9.18 Å². The van der Waals surface area contributed by atoms with Crippen molar-refractivity contribution < 1.29 is 13.9 Å². The first-order valence-electron chi connectivity index (χ1n) is 7.62. The Morgan fingerprint density at radius 1 is 1.40 bits per heavy atom. The number of amides is 1. The van der Waals surface area contributed by atoms with Gasteiger partial charge in [0.15, 0.2) is 0 Å². The van der Waals surface area contributed by atoms with Crippen LogP contribution in [0.2, 0.25) is 0 Å². The van der Waals surface area contributed by atoms with Gasteiger partial charge >= 0.3 is 0 Å². The third-order valence-corrected chi connectivity index (χ3v) is 4.60. The normalized spacial score (nSPS) is 16.2. The molecule has 3 heterocycles. The van der Waals surface area contributed by atoms with Crippen LogP contribution in [0, 0.1) is 5.82 Å². The van der Waals surface area contributed by atoms with Gasteiger partial charge in [-0.1, -0.05) is 0 Å². The number of hydrogen-bond acceptors (Lipinski definition) is 6. The third kappa shape index (κ3) is 2.96. The van der Waals surface area contributed by atoms with E-state index in [4.69, 9.17) is 4.74 Å². The summed E-state index contributed by atoms with van der Waals surface area (Å²) >= 11 is 1.33. The van der Waals surface area contributed by atoms with E-state index in [1.807, 2.05) is 6.92 Å². The van der Waals surface area contributed by atoms with Crippen LogP contribution in [0.15, 0.2) is 42.2 Å². The molecular formula is C17H13FN4O2S. The van der Waals surface area contributed by atoms with E-state index in [1.54, 1.807) is 34.9 Å². The number of anilines is 1. The van der Waals surface area contributed by atoms with Crippen LogP contribution < -0.4 is 9.64 Å². The monoisotopic (exact) mass is 356 g/mol. The molecule has 1 amide bonds. The summed E-state index contributed by atoms with van der Waals surface area (Å²) in [7, 11) is 0. The fourth-order valence-electron chi connectivity index (χ4n) is 2.64. The summed E-state index contributed by atoms with van der Waals surface area (Å²) in [6.07, 6.45) is 4.51. The molecule has 1 aliphatic heterocycles. The number of carbonyl (C=O) groups excluding carboxylic acids is 1. The second kappa shape index (κ2) is 6.21. The zero-order chi connectivity index (χ0) is 17.4. The van der Waals surface area contributed by atoms with Crippen LogP contribution in [0.1, 0.15) is 17.4 Å². The van der Waals surface area contributed by atoms with Gasteiger partial charge < -0.3 is 4.74 Å². The number of nitrogens with zero attached hydrogens (tertiary/aromatic N) is 4. The van der Waals surface area contributed by atoms with Crippen molar-refractivity contribution >= 4 is 22.9 Å². The quantitative estimate of drug-likeness (QED) is 0.705. The zero-order valence-electron chi connectivity index (χ0n) is 13.2. The lowest BCUT2D eigenvalue weighted by atomic mass is 10.2. The Kier molecular flexibility index (Phi) is 3.89. The van der Waals surface area contributed by atoms with Crippen LogP contribution in [0.4, 0.5) is 10.1 Å². The number of halogens is 1. The molecule has 6 nitrogen and oxygen atoms in total. The molecule has 0 unspecified atom stereocenters. The fraction of sp³-hybridized carbons (Fsp3) is 0.176. The van der Waals surface area contributed by atoms with Crippen molar-refractivity contribution in [2.24, 2.45) is 0 Å². The predicted octanol–water partition coefficient (Wildman–Crippen LogP) is 3.17. The van der Waals surface area contributed by atoms with E-state index in [0.717, 1.165) is 0 Å². The van der Waals surface area contributed by atoms with Gasteiger partial charge in [0.05, 0.1) is 18.4 Å². The second-order valence-electron chi connectivity index (χ2n) is 5.58. The van der Waals surface area contributed by atoms with Crippen molar-refractivity contribution in [1.29, 1.82) is 0 Å². The maximum absolute atomic E-state index is 13.5. The summed E-state index contributed by atoms with van der Waals surface area (Å²) in [6, 6.07) is 4.15. The lowest BCUT2D eigenvalue weighted by molar-refractivity contribution is 0.0957. The SMILES string of the molecule is C[C@@H]1CN(C(=O)c2csc(-c3cnccn3)n2)c2ccc(F)cc2O1. The number of carbonyl (C=O) groups is 1. The molecule has 3 aromatic rings. The van der Waals surface area contributed by atoms with Gasteiger partial charge in [0.2, 0.25) is 0 Å². The number of rotatable bonds is 2. The third-order valence-electron chi connectivity index (χ3n) is 3.73. The molecule has 4 rings (SSSR count). The number of fused-ring (bicyclic) bond motifs is 1. The van der Waals surface area contributed by atoms with Crippen LogP contribution >= 0.6 is 11.3 Å². The molecule has 0 radical (unpaired) electrons. The molecule has 0 bridgehead atoms. The molecule has 0 saturated heterocycles. The Morgan fingerprint density at radius 3 is 3.08 bits per heavy atom. The molecular weight excluding hydrogens is 343 g/mol. The summed E-state index contributed by atoms with van der Waals surface area (Å²) in [4.78, 5) is 27.1. The van der Waals surface area contributed by atoms with Gasteiger partial charge in [0, 0.05) is 23.8 Å². The molecule has 1 aliphatic rings. The van der Waals surface area contributed by atoms with Crippen molar-refractivity contribution in [3.63, 3.8) is 0 Å². The van der Waals surface area contributed by atoms with E-state index in [-0.39, 0.29) is 12.0 Å². The lowest BCUT2D eigenvalue weighted by Gasteiger charge is -2.33. The van der Waals surface area contributed by atoms with E-state index in [0.29, 0.717) is 34.4 Å². The highest BCUT2D eigenvalue weighted by atomic mass is 32.1. The molecule has 0 aliphatic carbocycles. The Balaban J connectivity index is 1.67. The summed E-state index contributed by atoms with van der Waals surface area (Å²) < 4.78 is 19.1. The first-order valence-corrected chi connectivity index (χ1v) is 8.50. The van der Waals surface area contributed by atoms with Crippen molar-refractivity contribution in [3.05, 3.63) is 53.7 Å². The lowest BCUT2D eigenvalue weighted by Crippen LogP contribution is -2.42. The van der Waals surface area contributed by atoms with Gasteiger partial charge in [0.1, 0.15) is 34.1 Å². The van der Waals surface area contributed by atoms with Crippen LogP contribution in [0.5, 0.6) is 5.75 Å². The van der Waals surface area contributed by atoms with Gasteiger partial charge in [-0.25, -0.2) is 9.37 Å². The van der Waals surface area contributed by atoms with Gasteiger partial charge in [-0.2, -0.15) is 0 Å². The zero-order valence-corrected chi connectivity index (χ0v) is 14.0. The van der Waals surface area contributed by atoms with Gasteiger partial charge in [-0.05, 0) is 19.1 Å². The van der Waals surface area contributed by atoms with Crippen molar-refractivity contribution in [2.45, 2.75) is 13.0 Å². The maximum atomic E-state index is 13.5. The smallest absolute Gasteiger partial charge is 0.278 e. The van der Waals surface area contributed by atoms with Gasteiger partial charge in [-0.3, -0.25) is 19.7 Å². The van der Waals surface area contributed by atoms with Crippen molar-refractivity contribution in [2.75, 3.05) is 11.4 Å². The number of ether oxygens (including phenoxy) is 1. The van der Waals surface area contributed by atoms with E-state index in [2.05, 4.69) is 15.0 Å². The first-order chi connectivity index (χ1) is 12.1. The molecule has 0 fully saturated rings. The Labute approximate surface area is 146 Å². The molecule has 0 saturated carbocycles.